The number of hydrogen-bond donors (Lipinski definition) is 2. The van der Waals surface area contributed by atoms with Crippen LogP contribution in [0.25, 0.3) is 0 Å². The molecular weight excluding hydrogens is 176 g/mol. The maximum atomic E-state index is 7.08. The van der Waals surface area contributed by atoms with E-state index in [1.807, 2.05) is 13.8 Å². The molecule has 1 aromatic rings. The van der Waals surface area contributed by atoms with E-state index in [0.717, 1.165) is 16.9 Å². The van der Waals surface area contributed by atoms with E-state index >= 15 is 0 Å². The van der Waals surface area contributed by atoms with Gasteiger partial charge in [-0.3, -0.25) is 5.41 Å². The van der Waals surface area contributed by atoms with Crippen molar-refractivity contribution in [2.45, 2.75) is 20.8 Å². The largest absolute Gasteiger partial charge is 0.485 e. The Bertz CT molecular complexity index is 335. The summed E-state index contributed by atoms with van der Waals surface area (Å²) in [6.07, 6.45) is 0. The fourth-order valence-corrected chi connectivity index (χ4v) is 1.54. The topological polar surface area (TPSA) is 59.1 Å². The smallest absolute Gasteiger partial charge is 0.145 e. The predicted octanol–water partition coefficient (Wildman–Crippen LogP) is 1.93. The summed E-state index contributed by atoms with van der Waals surface area (Å²) >= 11 is 0. The van der Waals surface area contributed by atoms with Crippen molar-refractivity contribution in [1.82, 2.24) is 0 Å². The van der Waals surface area contributed by atoms with Crippen LogP contribution in [0.5, 0.6) is 5.75 Å². The Morgan fingerprint density at radius 2 is 1.79 bits per heavy atom. The zero-order chi connectivity index (χ0) is 10.7. The lowest BCUT2D eigenvalue weighted by Gasteiger charge is -2.12. The minimum Gasteiger partial charge on any atom is -0.485 e. The second-order valence-electron chi connectivity index (χ2n) is 3.54. The first-order valence-corrected chi connectivity index (χ1v) is 4.54. The molecule has 0 radical (unpaired) electrons. The molecule has 14 heavy (non-hydrogen) atoms. The van der Waals surface area contributed by atoms with Gasteiger partial charge in [-0.05, 0) is 31.9 Å². The molecule has 1 aromatic carbocycles. The van der Waals surface area contributed by atoms with E-state index in [-0.39, 0.29) is 12.4 Å². The predicted molar refractivity (Wildman–Crippen MR) is 58.1 cm³/mol. The van der Waals surface area contributed by atoms with Crippen molar-refractivity contribution in [2.75, 3.05) is 6.61 Å². The highest BCUT2D eigenvalue weighted by Crippen LogP contribution is 2.24. The molecule has 0 aliphatic rings. The Labute approximate surface area is 84.4 Å². The molecule has 0 atom stereocenters. The number of aryl methyl sites for hydroxylation is 3. The molecule has 0 unspecified atom stereocenters. The fraction of sp³-hybridized carbons (Fsp3) is 0.364. The number of hydrogen-bond acceptors (Lipinski definition) is 2. The van der Waals surface area contributed by atoms with Gasteiger partial charge in [0, 0.05) is 0 Å². The van der Waals surface area contributed by atoms with Crippen molar-refractivity contribution in [3.63, 3.8) is 0 Å². The number of nitrogens with one attached hydrogen (secondary N) is 1. The Morgan fingerprint density at radius 1 is 1.29 bits per heavy atom. The molecule has 0 saturated carbocycles. The van der Waals surface area contributed by atoms with Crippen LogP contribution < -0.4 is 10.5 Å². The molecule has 3 nitrogen and oxygen atoms in total. The highest BCUT2D eigenvalue weighted by atomic mass is 16.5. The average Bonchev–Trinajstić information content (AvgIpc) is 2.01. The van der Waals surface area contributed by atoms with Gasteiger partial charge in [-0.25, -0.2) is 0 Å². The summed E-state index contributed by atoms with van der Waals surface area (Å²) in [5.74, 6) is 0.884. The molecule has 0 saturated heterocycles. The summed E-state index contributed by atoms with van der Waals surface area (Å²) in [5.41, 5.74) is 8.62. The molecule has 76 valence electrons. The van der Waals surface area contributed by atoms with Crippen molar-refractivity contribution >= 4 is 5.84 Å². The zero-order valence-electron chi connectivity index (χ0n) is 8.85. The molecular formula is C11H16N2O. The van der Waals surface area contributed by atoms with E-state index in [0.29, 0.717) is 0 Å². The number of nitrogens with two attached hydrogens (primary N) is 1. The molecule has 1 rings (SSSR count). The third kappa shape index (κ3) is 2.49. The van der Waals surface area contributed by atoms with Crippen LogP contribution in [-0.4, -0.2) is 12.4 Å². The number of amidine groups is 1. The number of ether oxygens (including phenoxy) is 1. The van der Waals surface area contributed by atoms with Crippen molar-refractivity contribution in [1.29, 1.82) is 5.41 Å². The van der Waals surface area contributed by atoms with Crippen LogP contribution in [0.15, 0.2) is 12.1 Å². The standard InChI is InChI=1S/C11H16N2O/c1-7-4-8(2)11(9(3)5-7)14-6-10(12)13/h4-5H,6H2,1-3H3,(H3,12,13). The third-order valence-corrected chi connectivity index (χ3v) is 1.98. The lowest BCUT2D eigenvalue weighted by Crippen LogP contribution is -2.19. The molecule has 0 aliphatic heterocycles. The molecule has 0 spiro atoms. The van der Waals surface area contributed by atoms with Gasteiger partial charge >= 0.3 is 0 Å². The SMILES string of the molecule is Cc1cc(C)c(OCC(=N)N)c(C)c1. The van der Waals surface area contributed by atoms with Crippen LogP contribution in [0.1, 0.15) is 16.7 Å². The maximum absolute atomic E-state index is 7.08. The van der Waals surface area contributed by atoms with Gasteiger partial charge in [0.05, 0.1) is 0 Å². The molecule has 3 heteroatoms. The molecule has 0 aliphatic carbocycles. The van der Waals surface area contributed by atoms with Crippen LogP contribution in [0, 0.1) is 26.2 Å². The Balaban J connectivity index is 2.91. The summed E-state index contributed by atoms with van der Waals surface area (Å²) in [4.78, 5) is 0. The van der Waals surface area contributed by atoms with Gasteiger partial charge in [0.25, 0.3) is 0 Å². The minimum absolute atomic E-state index is 0.0457. The van der Waals surface area contributed by atoms with Gasteiger partial charge in [0.2, 0.25) is 0 Å². The van der Waals surface area contributed by atoms with E-state index in [2.05, 4.69) is 19.1 Å². The van der Waals surface area contributed by atoms with Crippen LogP contribution >= 0.6 is 0 Å². The highest BCUT2D eigenvalue weighted by molar-refractivity contribution is 5.78. The third-order valence-electron chi connectivity index (χ3n) is 1.98. The van der Waals surface area contributed by atoms with Crippen molar-refractivity contribution < 1.29 is 4.74 Å². The first kappa shape index (κ1) is 10.6. The van der Waals surface area contributed by atoms with Gasteiger partial charge in [0.15, 0.2) is 0 Å². The number of benzene rings is 1. The van der Waals surface area contributed by atoms with Crippen LogP contribution in [0.3, 0.4) is 0 Å². The van der Waals surface area contributed by atoms with Crippen molar-refractivity contribution in [2.24, 2.45) is 5.73 Å². The summed E-state index contributed by atoms with van der Waals surface area (Å²) < 4.78 is 5.43. The summed E-state index contributed by atoms with van der Waals surface area (Å²) in [5, 5.41) is 7.08. The van der Waals surface area contributed by atoms with Crippen LogP contribution in [0.4, 0.5) is 0 Å². The molecule has 0 fully saturated rings. The monoisotopic (exact) mass is 192 g/mol. The van der Waals surface area contributed by atoms with Crippen LogP contribution in [0.2, 0.25) is 0 Å². The fourth-order valence-electron chi connectivity index (χ4n) is 1.54. The van der Waals surface area contributed by atoms with E-state index in [1.165, 1.54) is 5.56 Å². The second-order valence-corrected chi connectivity index (χ2v) is 3.54. The van der Waals surface area contributed by atoms with Crippen molar-refractivity contribution in [3.05, 3.63) is 28.8 Å². The summed E-state index contributed by atoms with van der Waals surface area (Å²) in [6, 6.07) is 4.12. The first-order valence-electron chi connectivity index (χ1n) is 4.54. The minimum atomic E-state index is 0.0457. The second kappa shape index (κ2) is 4.13. The molecule has 3 N–H and O–H groups in total. The van der Waals surface area contributed by atoms with E-state index in [9.17, 15) is 0 Å². The zero-order valence-corrected chi connectivity index (χ0v) is 8.85. The van der Waals surface area contributed by atoms with Gasteiger partial charge in [-0.1, -0.05) is 17.7 Å². The molecule has 0 bridgehead atoms. The van der Waals surface area contributed by atoms with E-state index < -0.39 is 0 Å². The normalized spacial score (nSPS) is 9.93. The summed E-state index contributed by atoms with van der Waals surface area (Å²) in [7, 11) is 0. The summed E-state index contributed by atoms with van der Waals surface area (Å²) in [6.45, 7) is 6.20. The quantitative estimate of drug-likeness (QED) is 0.568. The first-order chi connectivity index (χ1) is 6.50. The van der Waals surface area contributed by atoms with Gasteiger partial charge in [-0.15, -0.1) is 0 Å². The molecule has 0 aromatic heterocycles. The van der Waals surface area contributed by atoms with Gasteiger partial charge < -0.3 is 10.5 Å². The molecule has 0 amide bonds. The van der Waals surface area contributed by atoms with E-state index in [4.69, 9.17) is 15.9 Å². The maximum Gasteiger partial charge on any atom is 0.145 e. The lowest BCUT2D eigenvalue weighted by atomic mass is 10.1. The Kier molecular flexibility index (Phi) is 3.12. The lowest BCUT2D eigenvalue weighted by molar-refractivity contribution is 0.369. The van der Waals surface area contributed by atoms with Crippen LogP contribution in [-0.2, 0) is 0 Å². The Hall–Kier alpha value is -1.51. The average molecular weight is 192 g/mol. The van der Waals surface area contributed by atoms with Gasteiger partial charge in [0.1, 0.15) is 18.2 Å². The molecule has 0 heterocycles. The van der Waals surface area contributed by atoms with Crippen molar-refractivity contribution in [3.8, 4) is 5.75 Å². The van der Waals surface area contributed by atoms with E-state index in [1.54, 1.807) is 0 Å². The Morgan fingerprint density at radius 3 is 2.21 bits per heavy atom. The highest BCUT2D eigenvalue weighted by Gasteiger charge is 2.04. The number of rotatable bonds is 3. The van der Waals surface area contributed by atoms with Gasteiger partial charge in [-0.2, -0.15) is 0 Å².